The van der Waals surface area contributed by atoms with Crippen LogP contribution in [-0.2, 0) is 15.1 Å². The Morgan fingerprint density at radius 1 is 1.35 bits per heavy atom. The highest BCUT2D eigenvalue weighted by atomic mass is 19.4. The van der Waals surface area contributed by atoms with Crippen LogP contribution in [0.2, 0.25) is 0 Å². The molecule has 1 heterocycles. The fourth-order valence-electron chi connectivity index (χ4n) is 2.23. The van der Waals surface area contributed by atoms with Crippen LogP contribution in [0.3, 0.4) is 0 Å². The lowest BCUT2D eigenvalue weighted by Crippen LogP contribution is -2.59. The molecule has 0 aliphatic carbocycles. The number of carbonyl (C=O) groups excluding carboxylic acids is 1. The second-order valence-corrected chi connectivity index (χ2v) is 4.38. The van der Waals surface area contributed by atoms with Crippen molar-refractivity contribution in [3.05, 3.63) is 35.9 Å². The summed E-state index contributed by atoms with van der Waals surface area (Å²) in [7, 11) is 0. The number of halogens is 3. The van der Waals surface area contributed by atoms with Gasteiger partial charge < -0.3 is 9.64 Å². The number of nitrogens with zero attached hydrogens (tertiary/aromatic N) is 1. The monoisotopic (exact) mass is 283 g/mol. The van der Waals surface area contributed by atoms with Gasteiger partial charge in [0.15, 0.2) is 5.54 Å². The fraction of sp³-hybridized carbons (Fsp3) is 0.357. The zero-order valence-electron chi connectivity index (χ0n) is 10.5. The van der Waals surface area contributed by atoms with E-state index < -0.39 is 17.6 Å². The summed E-state index contributed by atoms with van der Waals surface area (Å²) >= 11 is 0. The van der Waals surface area contributed by atoms with Gasteiger partial charge in [0.05, 0.1) is 13.2 Å². The SMILES string of the molecule is C#CC1(c2ccccc2)COCCN1C(=O)C(F)(F)F. The molecule has 1 atom stereocenters. The number of alkyl halides is 3. The van der Waals surface area contributed by atoms with E-state index in [9.17, 15) is 18.0 Å². The van der Waals surface area contributed by atoms with Crippen molar-refractivity contribution in [2.24, 2.45) is 0 Å². The van der Waals surface area contributed by atoms with Crippen molar-refractivity contribution in [2.75, 3.05) is 19.8 Å². The molecule has 0 spiro atoms. The maximum atomic E-state index is 12.7. The third-order valence-electron chi connectivity index (χ3n) is 3.21. The van der Waals surface area contributed by atoms with Gasteiger partial charge in [-0.05, 0) is 5.56 Å². The molecule has 1 unspecified atom stereocenters. The van der Waals surface area contributed by atoms with Gasteiger partial charge in [-0.1, -0.05) is 36.3 Å². The van der Waals surface area contributed by atoms with Crippen LogP contribution in [0.5, 0.6) is 0 Å². The van der Waals surface area contributed by atoms with Gasteiger partial charge >= 0.3 is 12.1 Å². The molecule has 6 heteroatoms. The summed E-state index contributed by atoms with van der Waals surface area (Å²) in [5.74, 6) is 0.375. The highest BCUT2D eigenvalue weighted by molar-refractivity contribution is 5.83. The van der Waals surface area contributed by atoms with Crippen LogP contribution in [0, 0.1) is 12.3 Å². The van der Waals surface area contributed by atoms with E-state index in [0.717, 1.165) is 0 Å². The lowest BCUT2D eigenvalue weighted by atomic mass is 9.88. The number of rotatable bonds is 1. The summed E-state index contributed by atoms with van der Waals surface area (Å²) < 4.78 is 43.4. The molecule has 1 aromatic rings. The summed E-state index contributed by atoms with van der Waals surface area (Å²) in [6.45, 7) is -0.329. The maximum absolute atomic E-state index is 12.7. The Kier molecular flexibility index (Phi) is 3.73. The van der Waals surface area contributed by atoms with Crippen LogP contribution < -0.4 is 0 Å². The zero-order valence-corrected chi connectivity index (χ0v) is 10.5. The molecule has 0 saturated carbocycles. The van der Waals surface area contributed by atoms with E-state index in [1.807, 2.05) is 0 Å². The molecule has 1 amide bonds. The summed E-state index contributed by atoms with van der Waals surface area (Å²) in [5.41, 5.74) is -1.09. The van der Waals surface area contributed by atoms with E-state index in [-0.39, 0.29) is 19.8 Å². The topological polar surface area (TPSA) is 29.5 Å². The molecule has 1 aromatic carbocycles. The van der Waals surface area contributed by atoms with Gasteiger partial charge in [0.25, 0.3) is 0 Å². The van der Waals surface area contributed by atoms with E-state index in [1.54, 1.807) is 30.3 Å². The number of hydrogen-bond donors (Lipinski definition) is 0. The smallest absolute Gasteiger partial charge is 0.376 e. The van der Waals surface area contributed by atoms with Gasteiger partial charge in [0.1, 0.15) is 0 Å². The number of morpholine rings is 1. The number of ether oxygens (including phenoxy) is 1. The highest BCUT2D eigenvalue weighted by Gasteiger charge is 2.51. The Hall–Kier alpha value is -2.00. The molecule has 1 fully saturated rings. The number of carbonyl (C=O) groups is 1. The third-order valence-corrected chi connectivity index (χ3v) is 3.21. The second kappa shape index (κ2) is 5.17. The van der Waals surface area contributed by atoms with Gasteiger partial charge in [-0.3, -0.25) is 4.79 Å². The number of benzene rings is 1. The van der Waals surface area contributed by atoms with Crippen molar-refractivity contribution in [1.82, 2.24) is 4.90 Å². The third kappa shape index (κ3) is 2.37. The zero-order chi connectivity index (χ0) is 14.8. The van der Waals surface area contributed by atoms with E-state index in [1.165, 1.54) is 0 Å². The number of amides is 1. The summed E-state index contributed by atoms with van der Waals surface area (Å²) in [4.78, 5) is 12.3. The van der Waals surface area contributed by atoms with E-state index in [4.69, 9.17) is 11.2 Å². The molecule has 106 valence electrons. The Bertz CT molecular complexity index is 536. The first-order chi connectivity index (χ1) is 9.42. The molecular formula is C14H12F3NO2. The average molecular weight is 283 g/mol. The minimum absolute atomic E-state index is 0.0259. The molecule has 2 rings (SSSR count). The van der Waals surface area contributed by atoms with Gasteiger partial charge in [-0.2, -0.15) is 13.2 Å². The summed E-state index contributed by atoms with van der Waals surface area (Å²) in [6, 6.07) is 8.20. The summed E-state index contributed by atoms with van der Waals surface area (Å²) in [6.07, 6.45) is 0.486. The van der Waals surface area contributed by atoms with Gasteiger partial charge in [0.2, 0.25) is 0 Å². The van der Waals surface area contributed by atoms with Crippen molar-refractivity contribution >= 4 is 5.91 Å². The molecule has 1 aliphatic heterocycles. The maximum Gasteiger partial charge on any atom is 0.471 e. The van der Waals surface area contributed by atoms with Gasteiger partial charge in [-0.25, -0.2) is 0 Å². The van der Waals surface area contributed by atoms with E-state index in [0.29, 0.717) is 10.5 Å². The highest BCUT2D eigenvalue weighted by Crippen LogP contribution is 2.34. The standard InChI is InChI=1S/C14H12F3NO2/c1-2-13(11-6-4-3-5-7-11)10-20-9-8-18(13)12(19)14(15,16)17/h1,3-7H,8-10H2. The normalized spacial score (nSPS) is 23.2. The van der Waals surface area contributed by atoms with Crippen LogP contribution in [0.4, 0.5) is 13.2 Å². The molecule has 1 saturated heterocycles. The predicted molar refractivity (Wildman–Crippen MR) is 65.5 cm³/mol. The largest absolute Gasteiger partial charge is 0.471 e. The second-order valence-electron chi connectivity index (χ2n) is 4.38. The van der Waals surface area contributed by atoms with Crippen molar-refractivity contribution in [1.29, 1.82) is 0 Å². The number of terminal acetylenes is 1. The lowest BCUT2D eigenvalue weighted by Gasteiger charge is -2.43. The molecule has 0 aromatic heterocycles. The van der Waals surface area contributed by atoms with Gasteiger partial charge in [0, 0.05) is 6.54 Å². The fourth-order valence-corrected chi connectivity index (χ4v) is 2.23. The van der Waals surface area contributed by atoms with E-state index in [2.05, 4.69) is 5.92 Å². The molecule has 20 heavy (non-hydrogen) atoms. The lowest BCUT2D eigenvalue weighted by molar-refractivity contribution is -0.197. The Balaban J connectivity index is 2.49. The Morgan fingerprint density at radius 3 is 2.55 bits per heavy atom. The van der Waals surface area contributed by atoms with Crippen LogP contribution in [0.25, 0.3) is 0 Å². The molecule has 0 radical (unpaired) electrons. The van der Waals surface area contributed by atoms with E-state index >= 15 is 0 Å². The van der Waals surface area contributed by atoms with Crippen molar-refractivity contribution < 1.29 is 22.7 Å². The first-order valence-corrected chi connectivity index (χ1v) is 5.91. The molecule has 0 N–H and O–H groups in total. The minimum Gasteiger partial charge on any atom is -0.376 e. The quantitative estimate of drug-likeness (QED) is 0.737. The average Bonchev–Trinajstić information content (AvgIpc) is 2.46. The van der Waals surface area contributed by atoms with Crippen molar-refractivity contribution in [2.45, 2.75) is 11.7 Å². The number of hydrogen-bond acceptors (Lipinski definition) is 2. The molecule has 3 nitrogen and oxygen atoms in total. The van der Waals surface area contributed by atoms with Crippen LogP contribution in [-0.4, -0.2) is 36.7 Å². The first kappa shape index (κ1) is 14.4. The van der Waals surface area contributed by atoms with Gasteiger partial charge in [-0.15, -0.1) is 6.42 Å². The molecule has 1 aliphatic rings. The Morgan fingerprint density at radius 2 is 2.00 bits per heavy atom. The molecule has 0 bridgehead atoms. The molecular weight excluding hydrogens is 271 g/mol. The summed E-state index contributed by atoms with van der Waals surface area (Å²) in [5, 5.41) is 0. The van der Waals surface area contributed by atoms with Crippen LogP contribution in [0.15, 0.2) is 30.3 Å². The van der Waals surface area contributed by atoms with Crippen molar-refractivity contribution in [3.63, 3.8) is 0 Å². The minimum atomic E-state index is -4.96. The van der Waals surface area contributed by atoms with Crippen LogP contribution in [0.1, 0.15) is 5.56 Å². The van der Waals surface area contributed by atoms with Crippen LogP contribution >= 0.6 is 0 Å². The Labute approximate surface area is 114 Å². The first-order valence-electron chi connectivity index (χ1n) is 5.91. The predicted octanol–water partition coefficient (Wildman–Crippen LogP) is 1.94. The van der Waals surface area contributed by atoms with Crippen molar-refractivity contribution in [3.8, 4) is 12.3 Å².